The van der Waals surface area contributed by atoms with Crippen molar-refractivity contribution in [3.8, 4) is 0 Å². The summed E-state index contributed by atoms with van der Waals surface area (Å²) in [5.41, 5.74) is 8.83. The van der Waals surface area contributed by atoms with Crippen LogP contribution in [0, 0.1) is 5.92 Å². The third-order valence-electron chi connectivity index (χ3n) is 3.70. The van der Waals surface area contributed by atoms with Crippen molar-refractivity contribution >= 4 is 11.7 Å². The summed E-state index contributed by atoms with van der Waals surface area (Å²) in [5, 5.41) is 0. The van der Waals surface area contributed by atoms with Gasteiger partial charge in [-0.2, -0.15) is 4.99 Å². The quantitative estimate of drug-likeness (QED) is 0.680. The maximum absolute atomic E-state index is 12.3. The SMILES string of the molecule is CC(C)Cc1ccc(C(C)C(=O)N=C(N)c2ccncc2)cc1. The smallest absolute Gasteiger partial charge is 0.254 e. The van der Waals surface area contributed by atoms with Gasteiger partial charge in [-0.1, -0.05) is 38.1 Å². The lowest BCUT2D eigenvalue weighted by Crippen LogP contribution is -2.18. The topological polar surface area (TPSA) is 68.3 Å². The molecule has 0 aliphatic carbocycles. The first-order chi connectivity index (χ1) is 11.0. The van der Waals surface area contributed by atoms with E-state index in [9.17, 15) is 4.79 Å². The summed E-state index contributed by atoms with van der Waals surface area (Å²) in [6.45, 7) is 6.23. The molecule has 1 amide bonds. The lowest BCUT2D eigenvalue weighted by Gasteiger charge is -2.10. The maximum Gasteiger partial charge on any atom is 0.254 e. The van der Waals surface area contributed by atoms with E-state index in [1.807, 2.05) is 19.1 Å². The zero-order valence-corrected chi connectivity index (χ0v) is 13.9. The highest BCUT2D eigenvalue weighted by Gasteiger charge is 2.15. The third-order valence-corrected chi connectivity index (χ3v) is 3.70. The standard InChI is InChI=1S/C19H23N3O/c1-13(2)12-15-4-6-16(7-5-15)14(3)19(23)22-18(20)17-8-10-21-11-9-17/h4-11,13-14H,12H2,1-3H3,(H2,20,22,23). The van der Waals surface area contributed by atoms with Gasteiger partial charge in [-0.05, 0) is 42.5 Å². The Kier molecular flexibility index (Phi) is 5.63. The average molecular weight is 309 g/mol. The summed E-state index contributed by atoms with van der Waals surface area (Å²) in [7, 11) is 0. The van der Waals surface area contributed by atoms with Gasteiger partial charge in [-0.25, -0.2) is 0 Å². The molecular formula is C19H23N3O. The van der Waals surface area contributed by atoms with Crippen molar-refractivity contribution in [2.75, 3.05) is 0 Å². The number of amidine groups is 1. The van der Waals surface area contributed by atoms with Crippen molar-refractivity contribution in [3.63, 3.8) is 0 Å². The number of nitrogens with two attached hydrogens (primary N) is 1. The molecule has 4 heteroatoms. The zero-order valence-electron chi connectivity index (χ0n) is 13.9. The maximum atomic E-state index is 12.3. The Morgan fingerprint density at radius 2 is 1.70 bits per heavy atom. The number of aliphatic imine (C=N–C) groups is 1. The number of aromatic nitrogens is 1. The van der Waals surface area contributed by atoms with E-state index in [1.165, 1.54) is 5.56 Å². The fraction of sp³-hybridized carbons (Fsp3) is 0.316. The minimum absolute atomic E-state index is 0.223. The van der Waals surface area contributed by atoms with Gasteiger partial charge in [-0.3, -0.25) is 9.78 Å². The molecule has 2 aromatic rings. The van der Waals surface area contributed by atoms with Crippen molar-refractivity contribution in [2.24, 2.45) is 16.6 Å². The minimum Gasteiger partial charge on any atom is -0.383 e. The van der Waals surface area contributed by atoms with Gasteiger partial charge < -0.3 is 5.73 Å². The molecule has 1 unspecified atom stereocenters. The van der Waals surface area contributed by atoms with E-state index < -0.39 is 0 Å². The van der Waals surface area contributed by atoms with E-state index in [1.54, 1.807) is 24.5 Å². The number of nitrogens with zero attached hydrogens (tertiary/aromatic N) is 2. The molecule has 1 aromatic heterocycles. The minimum atomic E-state index is -0.316. The number of pyridine rings is 1. The van der Waals surface area contributed by atoms with Crippen LogP contribution < -0.4 is 5.73 Å². The molecule has 0 fully saturated rings. The summed E-state index contributed by atoms with van der Waals surface area (Å²) in [6, 6.07) is 11.6. The lowest BCUT2D eigenvalue weighted by atomic mass is 9.96. The highest BCUT2D eigenvalue weighted by molar-refractivity contribution is 6.05. The van der Waals surface area contributed by atoms with Crippen LogP contribution in [0.25, 0.3) is 0 Å². The molecule has 0 aliphatic rings. The highest BCUT2D eigenvalue weighted by Crippen LogP contribution is 2.19. The molecule has 0 aliphatic heterocycles. The summed E-state index contributed by atoms with van der Waals surface area (Å²) in [5.74, 6) is 0.282. The first-order valence-corrected chi connectivity index (χ1v) is 7.84. The monoisotopic (exact) mass is 309 g/mol. The third kappa shape index (κ3) is 4.74. The van der Waals surface area contributed by atoms with Crippen molar-refractivity contribution in [3.05, 3.63) is 65.5 Å². The van der Waals surface area contributed by atoms with E-state index in [0.29, 0.717) is 11.5 Å². The van der Waals surface area contributed by atoms with Crippen molar-refractivity contribution in [1.82, 2.24) is 4.98 Å². The van der Waals surface area contributed by atoms with Gasteiger partial charge in [0, 0.05) is 18.0 Å². The Hall–Kier alpha value is -2.49. The number of benzene rings is 1. The molecule has 2 rings (SSSR count). The molecule has 23 heavy (non-hydrogen) atoms. The van der Waals surface area contributed by atoms with Gasteiger partial charge in [0.15, 0.2) is 0 Å². The normalized spacial score (nSPS) is 13.1. The van der Waals surface area contributed by atoms with Gasteiger partial charge in [0.25, 0.3) is 5.91 Å². The van der Waals surface area contributed by atoms with Crippen LogP contribution in [-0.2, 0) is 11.2 Å². The van der Waals surface area contributed by atoms with E-state index in [2.05, 4.69) is 36.0 Å². The number of hydrogen-bond acceptors (Lipinski definition) is 2. The number of carbonyl (C=O) groups excluding carboxylic acids is 1. The van der Waals surface area contributed by atoms with Crippen LogP contribution in [0.2, 0.25) is 0 Å². The molecule has 0 spiro atoms. The van der Waals surface area contributed by atoms with Crippen molar-refractivity contribution in [1.29, 1.82) is 0 Å². The van der Waals surface area contributed by atoms with Crippen LogP contribution in [0.15, 0.2) is 53.8 Å². The molecule has 4 nitrogen and oxygen atoms in total. The first kappa shape index (κ1) is 16.9. The van der Waals surface area contributed by atoms with E-state index >= 15 is 0 Å². The number of carbonyl (C=O) groups is 1. The second kappa shape index (κ2) is 7.68. The number of rotatable bonds is 5. The van der Waals surface area contributed by atoms with E-state index in [-0.39, 0.29) is 17.7 Å². The number of hydrogen-bond donors (Lipinski definition) is 1. The zero-order chi connectivity index (χ0) is 16.8. The summed E-state index contributed by atoms with van der Waals surface area (Å²) in [4.78, 5) is 20.3. The van der Waals surface area contributed by atoms with Crippen LogP contribution in [0.3, 0.4) is 0 Å². The van der Waals surface area contributed by atoms with E-state index in [0.717, 1.165) is 12.0 Å². The molecule has 0 saturated heterocycles. The molecule has 2 N–H and O–H groups in total. The van der Waals surface area contributed by atoms with Crippen molar-refractivity contribution in [2.45, 2.75) is 33.1 Å². The Morgan fingerprint density at radius 3 is 2.26 bits per heavy atom. The van der Waals surface area contributed by atoms with Crippen LogP contribution in [0.5, 0.6) is 0 Å². The lowest BCUT2D eigenvalue weighted by molar-refractivity contribution is -0.118. The molecule has 1 atom stereocenters. The molecule has 120 valence electrons. The summed E-state index contributed by atoms with van der Waals surface area (Å²) in [6.07, 6.45) is 4.29. The Labute approximate surface area is 137 Å². The average Bonchev–Trinajstić information content (AvgIpc) is 2.55. The molecular weight excluding hydrogens is 286 g/mol. The van der Waals surface area contributed by atoms with Crippen LogP contribution >= 0.6 is 0 Å². The summed E-state index contributed by atoms with van der Waals surface area (Å²) >= 11 is 0. The first-order valence-electron chi connectivity index (χ1n) is 7.84. The molecule has 1 heterocycles. The predicted molar refractivity (Wildman–Crippen MR) is 93.4 cm³/mol. The fourth-order valence-corrected chi connectivity index (χ4v) is 2.36. The summed E-state index contributed by atoms with van der Waals surface area (Å²) < 4.78 is 0. The Bertz CT molecular complexity index is 676. The fourth-order valence-electron chi connectivity index (χ4n) is 2.36. The predicted octanol–water partition coefficient (Wildman–Crippen LogP) is 3.32. The Morgan fingerprint density at radius 1 is 1.09 bits per heavy atom. The largest absolute Gasteiger partial charge is 0.383 e. The van der Waals surface area contributed by atoms with Crippen LogP contribution in [0.1, 0.15) is 43.4 Å². The molecule has 1 aromatic carbocycles. The second-order valence-corrected chi connectivity index (χ2v) is 6.13. The van der Waals surface area contributed by atoms with E-state index in [4.69, 9.17) is 5.73 Å². The highest BCUT2D eigenvalue weighted by atomic mass is 16.1. The van der Waals surface area contributed by atoms with Crippen LogP contribution in [-0.4, -0.2) is 16.7 Å². The van der Waals surface area contributed by atoms with Gasteiger partial charge in [-0.15, -0.1) is 0 Å². The molecule has 0 bridgehead atoms. The van der Waals surface area contributed by atoms with Gasteiger partial charge >= 0.3 is 0 Å². The number of amides is 1. The van der Waals surface area contributed by atoms with Gasteiger partial charge in [0.05, 0.1) is 5.92 Å². The molecule has 0 radical (unpaired) electrons. The van der Waals surface area contributed by atoms with Crippen molar-refractivity contribution < 1.29 is 4.79 Å². The van der Waals surface area contributed by atoms with Gasteiger partial charge in [0.2, 0.25) is 0 Å². The van der Waals surface area contributed by atoms with Crippen LogP contribution in [0.4, 0.5) is 0 Å². The Balaban J connectivity index is 2.10. The molecule has 0 saturated carbocycles. The van der Waals surface area contributed by atoms with Gasteiger partial charge in [0.1, 0.15) is 5.84 Å². The second-order valence-electron chi connectivity index (χ2n) is 6.13.